The molecule has 14 nitrogen and oxygen atoms in total. The van der Waals surface area contributed by atoms with E-state index in [1.807, 2.05) is 34.9 Å². The minimum atomic E-state index is -1.07. The quantitative estimate of drug-likeness (QED) is 0.164. The number of amides is 2. The summed E-state index contributed by atoms with van der Waals surface area (Å²) < 4.78 is 30.8. The van der Waals surface area contributed by atoms with Crippen molar-refractivity contribution in [2.45, 2.75) is 84.2 Å². The van der Waals surface area contributed by atoms with Gasteiger partial charge in [-0.15, -0.1) is 5.10 Å². The van der Waals surface area contributed by atoms with Crippen LogP contribution in [0, 0.1) is 16.7 Å². The summed E-state index contributed by atoms with van der Waals surface area (Å²) in [4.78, 5) is 46.6. The van der Waals surface area contributed by atoms with Crippen LogP contribution in [0.4, 0.5) is 0 Å². The molecule has 3 fully saturated rings. The van der Waals surface area contributed by atoms with Crippen molar-refractivity contribution in [2.24, 2.45) is 29.5 Å². The molecule has 0 radical (unpaired) electrons. The smallest absolute Gasteiger partial charge is 0.312 e. The summed E-state index contributed by atoms with van der Waals surface area (Å²) in [5.41, 5.74) is 8.34. The summed E-state index contributed by atoms with van der Waals surface area (Å²) in [5.74, 6) is 0.637. The molecule has 2 aromatic carbocycles. The fraction of sp³-hybridized carbons (Fsp3) is 0.585. The topological polar surface area (TPSA) is 161 Å². The maximum absolute atomic E-state index is 15.1. The van der Waals surface area contributed by atoms with Crippen LogP contribution < -0.4 is 19.9 Å². The van der Waals surface area contributed by atoms with Crippen molar-refractivity contribution in [1.82, 2.24) is 24.8 Å². The maximum atomic E-state index is 15.1. The molecule has 1 saturated heterocycles. The molecule has 2 aliphatic heterocycles. The number of carbonyl (C=O) groups is 3. The average Bonchev–Trinajstić information content (AvgIpc) is 3.76. The largest absolute Gasteiger partial charge is 0.497 e. The molecule has 302 valence electrons. The number of ether oxygens (including phenoxy) is 5. The number of aromatic nitrogens is 3. The van der Waals surface area contributed by atoms with Crippen LogP contribution >= 0.6 is 11.6 Å². The molecule has 2 aliphatic carbocycles. The minimum absolute atomic E-state index is 0.00706. The van der Waals surface area contributed by atoms with Gasteiger partial charge in [0.1, 0.15) is 36.2 Å². The number of fused-ring (bicyclic) bond motifs is 1. The first-order chi connectivity index (χ1) is 27.0. The van der Waals surface area contributed by atoms with Crippen LogP contribution in [-0.2, 0) is 57.1 Å². The number of carbonyl (C=O) groups excluding carboxylic acids is 3. The first-order valence-corrected chi connectivity index (χ1v) is 19.9. The second kappa shape index (κ2) is 16.6. The number of esters is 1. The summed E-state index contributed by atoms with van der Waals surface area (Å²) in [7, 11) is 4.93. The number of likely N-dealkylation sites (tertiary alicyclic amines) is 1. The number of halogens is 1. The fourth-order valence-corrected chi connectivity index (χ4v) is 9.05. The Balaban J connectivity index is 1.18. The second-order valence-electron chi connectivity index (χ2n) is 15.9. The van der Waals surface area contributed by atoms with Crippen LogP contribution in [0.5, 0.6) is 17.2 Å². The Morgan fingerprint density at radius 1 is 1.04 bits per heavy atom. The highest BCUT2D eigenvalue weighted by atomic mass is 35.5. The molecule has 0 unspecified atom stereocenters. The van der Waals surface area contributed by atoms with Gasteiger partial charge in [0.15, 0.2) is 0 Å². The van der Waals surface area contributed by atoms with E-state index in [0.717, 1.165) is 42.5 Å². The lowest BCUT2D eigenvalue weighted by Gasteiger charge is -2.45. The summed E-state index contributed by atoms with van der Waals surface area (Å²) in [6.45, 7) is 4.35. The lowest BCUT2D eigenvalue weighted by atomic mass is 9.66. The van der Waals surface area contributed by atoms with E-state index in [4.69, 9.17) is 41.0 Å². The third kappa shape index (κ3) is 7.92. The number of benzene rings is 2. The number of hydrogen-bond donors (Lipinski definition) is 1. The molecule has 4 aliphatic rings. The van der Waals surface area contributed by atoms with Gasteiger partial charge < -0.3 is 39.2 Å². The standard InChI is InChI=1S/C41H53ClN6O8/c1-40(39(51)56-22-26-8-9-27(52-3)19-35(26)53-4)13-6-5-7-29(40)38(50)48-17-12-28-30(42)10-11-34(55-23-31-33(24-54-18-16-43)46(2)45-44-31)37(28)32(48)21-47-25-41(14-15-41)20-36(47)49/h8-11,19,29,32H,5-7,12-18,20-25,43H2,1-4H3/t29-,32+,40-/m0/s1. The van der Waals surface area contributed by atoms with Gasteiger partial charge in [0.2, 0.25) is 11.8 Å². The van der Waals surface area contributed by atoms with E-state index in [1.54, 1.807) is 38.1 Å². The number of aryl methyl sites for hydroxylation is 1. The van der Waals surface area contributed by atoms with E-state index in [9.17, 15) is 9.59 Å². The van der Waals surface area contributed by atoms with E-state index in [2.05, 4.69) is 10.3 Å². The van der Waals surface area contributed by atoms with Crippen molar-refractivity contribution in [1.29, 1.82) is 0 Å². The summed E-state index contributed by atoms with van der Waals surface area (Å²) >= 11 is 6.91. The molecule has 2 N–H and O–H groups in total. The van der Waals surface area contributed by atoms with Crippen molar-refractivity contribution in [3.63, 3.8) is 0 Å². The van der Waals surface area contributed by atoms with Crippen LogP contribution in [0.15, 0.2) is 30.3 Å². The predicted octanol–water partition coefficient (Wildman–Crippen LogP) is 4.92. The number of rotatable bonds is 15. The van der Waals surface area contributed by atoms with Crippen LogP contribution in [0.1, 0.15) is 86.0 Å². The molecule has 15 heteroatoms. The number of nitrogens with zero attached hydrogens (tertiary/aromatic N) is 5. The molecular weight excluding hydrogens is 740 g/mol. The Morgan fingerprint density at radius 3 is 2.59 bits per heavy atom. The van der Waals surface area contributed by atoms with Crippen molar-refractivity contribution in [3.8, 4) is 17.2 Å². The third-order valence-corrected chi connectivity index (χ3v) is 12.7. The van der Waals surface area contributed by atoms with E-state index in [1.165, 1.54) is 0 Å². The fourth-order valence-electron chi connectivity index (χ4n) is 8.79. The van der Waals surface area contributed by atoms with Gasteiger partial charge in [0.25, 0.3) is 0 Å². The van der Waals surface area contributed by atoms with E-state index in [-0.39, 0.29) is 37.0 Å². The Bertz CT molecular complexity index is 1950. The average molecular weight is 793 g/mol. The predicted molar refractivity (Wildman–Crippen MR) is 206 cm³/mol. The summed E-state index contributed by atoms with van der Waals surface area (Å²) in [6, 6.07) is 8.43. The minimum Gasteiger partial charge on any atom is -0.497 e. The van der Waals surface area contributed by atoms with Gasteiger partial charge in [0, 0.05) is 61.9 Å². The van der Waals surface area contributed by atoms with Gasteiger partial charge in [-0.2, -0.15) is 0 Å². The molecule has 2 amide bonds. The molecule has 56 heavy (non-hydrogen) atoms. The monoisotopic (exact) mass is 792 g/mol. The zero-order valence-electron chi connectivity index (χ0n) is 32.8. The van der Waals surface area contributed by atoms with Crippen molar-refractivity contribution in [2.75, 3.05) is 47.0 Å². The first-order valence-electron chi connectivity index (χ1n) is 19.6. The number of nitrogens with two attached hydrogens (primary N) is 1. The molecule has 2 saturated carbocycles. The highest BCUT2D eigenvalue weighted by Gasteiger charge is 2.54. The van der Waals surface area contributed by atoms with Crippen molar-refractivity contribution in [3.05, 3.63) is 63.4 Å². The Labute approximate surface area is 332 Å². The molecule has 1 spiro atoms. The lowest BCUT2D eigenvalue weighted by Crippen LogP contribution is -2.53. The lowest BCUT2D eigenvalue weighted by molar-refractivity contribution is -0.169. The Hall–Kier alpha value is -4.40. The Kier molecular flexibility index (Phi) is 11.8. The molecule has 3 heterocycles. The number of methoxy groups -OCH3 is 2. The van der Waals surface area contributed by atoms with Gasteiger partial charge >= 0.3 is 5.97 Å². The van der Waals surface area contributed by atoms with Crippen LogP contribution in [-0.4, -0.2) is 89.6 Å². The Morgan fingerprint density at radius 2 is 1.86 bits per heavy atom. The molecule has 0 bridgehead atoms. The molecular formula is C41H53ClN6O8. The summed E-state index contributed by atoms with van der Waals surface area (Å²) in [5, 5.41) is 9.10. The van der Waals surface area contributed by atoms with Gasteiger partial charge in [0.05, 0.1) is 50.5 Å². The van der Waals surface area contributed by atoms with Gasteiger partial charge in [-0.3, -0.25) is 14.4 Å². The highest BCUT2D eigenvalue weighted by Crippen LogP contribution is 2.54. The maximum Gasteiger partial charge on any atom is 0.312 e. The van der Waals surface area contributed by atoms with Crippen LogP contribution in [0.2, 0.25) is 5.02 Å². The zero-order chi connectivity index (χ0) is 39.6. The SMILES string of the molecule is COc1ccc(COC(=O)[C@@]2(C)CCCC[C@H]2C(=O)N2CCc3c(Cl)ccc(OCc4nnn(C)c4COCCN)c3[C@H]2CN2CC3(CC3)CC2=O)c(OC)c1. The highest BCUT2D eigenvalue weighted by molar-refractivity contribution is 6.31. The van der Waals surface area contributed by atoms with E-state index in [0.29, 0.717) is 92.0 Å². The van der Waals surface area contributed by atoms with Gasteiger partial charge in [-0.1, -0.05) is 29.7 Å². The first kappa shape index (κ1) is 39.8. The van der Waals surface area contributed by atoms with Gasteiger partial charge in [-0.25, -0.2) is 4.68 Å². The molecule has 1 aromatic heterocycles. The van der Waals surface area contributed by atoms with Crippen molar-refractivity contribution < 1.29 is 38.1 Å². The van der Waals surface area contributed by atoms with E-state index < -0.39 is 23.3 Å². The normalized spacial score (nSPS) is 22.6. The molecule has 3 aromatic rings. The summed E-state index contributed by atoms with van der Waals surface area (Å²) in [6.07, 6.45) is 5.72. The van der Waals surface area contributed by atoms with Gasteiger partial charge in [-0.05, 0) is 74.3 Å². The molecule has 3 atom stereocenters. The molecule has 7 rings (SSSR count). The van der Waals surface area contributed by atoms with E-state index >= 15 is 4.79 Å². The third-order valence-electron chi connectivity index (χ3n) is 12.3. The zero-order valence-corrected chi connectivity index (χ0v) is 33.6. The van der Waals surface area contributed by atoms with Crippen LogP contribution in [0.25, 0.3) is 0 Å². The second-order valence-corrected chi connectivity index (χ2v) is 16.3. The van der Waals surface area contributed by atoms with Crippen LogP contribution in [0.3, 0.4) is 0 Å². The number of hydrogen-bond acceptors (Lipinski definition) is 11. The van der Waals surface area contributed by atoms with Crippen molar-refractivity contribution >= 4 is 29.4 Å².